The van der Waals surface area contributed by atoms with Crippen LogP contribution >= 0.6 is 43.5 Å². The number of hydrogen-bond donors (Lipinski definition) is 0. The summed E-state index contributed by atoms with van der Waals surface area (Å²) < 4.78 is 0.792. The second-order valence-corrected chi connectivity index (χ2v) is 6.35. The number of hydrogen-bond acceptors (Lipinski definition) is 1. The van der Waals surface area contributed by atoms with Crippen LogP contribution in [0.5, 0.6) is 0 Å². The largest absolute Gasteiger partial charge is 0.337 e. The minimum atomic E-state index is 0.0383. The molecule has 86 valence electrons. The number of carbonyl (C=O) groups excluding carboxylic acids is 1. The van der Waals surface area contributed by atoms with Gasteiger partial charge < -0.3 is 4.90 Å². The molecule has 1 aromatic rings. The molecule has 1 heterocycles. The van der Waals surface area contributed by atoms with Crippen molar-refractivity contribution in [2.24, 2.45) is 0 Å². The van der Waals surface area contributed by atoms with Crippen molar-refractivity contribution in [3.05, 3.63) is 33.3 Å². The third-order valence-corrected chi connectivity index (χ3v) is 4.25. The highest BCUT2D eigenvalue weighted by atomic mass is 79.9. The second-order valence-electron chi connectivity index (χ2n) is 3.76. The summed E-state index contributed by atoms with van der Waals surface area (Å²) in [6.07, 6.45) is 1.00. The maximum absolute atomic E-state index is 12.2. The van der Waals surface area contributed by atoms with Gasteiger partial charge in [0.2, 0.25) is 0 Å². The van der Waals surface area contributed by atoms with E-state index in [1.165, 1.54) is 0 Å². The van der Waals surface area contributed by atoms with Gasteiger partial charge in [0.25, 0.3) is 5.91 Å². The van der Waals surface area contributed by atoms with Crippen molar-refractivity contribution in [2.45, 2.75) is 11.2 Å². The van der Waals surface area contributed by atoms with E-state index in [1.807, 2.05) is 4.90 Å². The summed E-state index contributed by atoms with van der Waals surface area (Å²) >= 11 is 12.8. The Hall–Kier alpha value is -0.0600. The van der Waals surface area contributed by atoms with Crippen molar-refractivity contribution in [2.75, 3.05) is 13.1 Å². The van der Waals surface area contributed by atoms with Crippen LogP contribution in [-0.2, 0) is 0 Å². The van der Waals surface area contributed by atoms with Gasteiger partial charge in [-0.3, -0.25) is 4.79 Å². The first kappa shape index (κ1) is 12.4. The molecule has 0 spiro atoms. The van der Waals surface area contributed by atoms with Gasteiger partial charge in [-0.25, -0.2) is 0 Å². The lowest BCUT2D eigenvalue weighted by Crippen LogP contribution is -2.29. The minimum Gasteiger partial charge on any atom is -0.337 e. The average molecular weight is 367 g/mol. The van der Waals surface area contributed by atoms with Gasteiger partial charge in [-0.15, -0.1) is 0 Å². The van der Waals surface area contributed by atoms with Crippen molar-refractivity contribution in [1.82, 2.24) is 4.90 Å². The summed E-state index contributed by atoms with van der Waals surface area (Å²) in [6.45, 7) is 1.56. The van der Waals surface area contributed by atoms with Gasteiger partial charge >= 0.3 is 0 Å². The molecule has 1 atom stereocenters. The Morgan fingerprint density at radius 1 is 1.50 bits per heavy atom. The lowest BCUT2D eigenvalue weighted by Gasteiger charge is -2.16. The normalized spacial score (nSPS) is 20.2. The fourth-order valence-electron chi connectivity index (χ4n) is 1.73. The van der Waals surface area contributed by atoms with Crippen LogP contribution in [0.1, 0.15) is 16.8 Å². The third-order valence-electron chi connectivity index (χ3n) is 2.58. The van der Waals surface area contributed by atoms with Gasteiger partial charge in [0, 0.05) is 27.4 Å². The van der Waals surface area contributed by atoms with E-state index in [2.05, 4.69) is 31.9 Å². The van der Waals surface area contributed by atoms with Gasteiger partial charge in [0.05, 0.1) is 5.56 Å². The summed E-state index contributed by atoms with van der Waals surface area (Å²) in [5.41, 5.74) is 0.633. The smallest absolute Gasteiger partial charge is 0.255 e. The van der Waals surface area contributed by atoms with E-state index < -0.39 is 0 Å². The summed E-state index contributed by atoms with van der Waals surface area (Å²) in [4.78, 5) is 14.4. The zero-order chi connectivity index (χ0) is 11.7. The molecule has 1 aliphatic rings. The first-order valence-electron chi connectivity index (χ1n) is 4.96. The highest BCUT2D eigenvalue weighted by molar-refractivity contribution is 9.10. The van der Waals surface area contributed by atoms with E-state index in [0.29, 0.717) is 15.4 Å². The van der Waals surface area contributed by atoms with Crippen LogP contribution in [0.25, 0.3) is 0 Å². The van der Waals surface area contributed by atoms with E-state index in [1.54, 1.807) is 18.2 Å². The average Bonchev–Trinajstić information content (AvgIpc) is 2.67. The Bertz CT molecular complexity index is 424. The first-order valence-corrected chi connectivity index (χ1v) is 7.05. The maximum atomic E-state index is 12.2. The number of carbonyl (C=O) groups is 1. The minimum absolute atomic E-state index is 0.0383. The van der Waals surface area contributed by atoms with Crippen LogP contribution in [0.4, 0.5) is 0 Å². The maximum Gasteiger partial charge on any atom is 0.255 e. The predicted octanol–water partition coefficient (Wildman–Crippen LogP) is 3.71. The number of likely N-dealkylation sites (tertiary alicyclic amines) is 1. The van der Waals surface area contributed by atoms with Crippen molar-refractivity contribution in [3.8, 4) is 0 Å². The predicted molar refractivity (Wildman–Crippen MR) is 72.4 cm³/mol. The molecular weight excluding hydrogens is 357 g/mol. The molecule has 1 unspecified atom stereocenters. The van der Waals surface area contributed by atoms with Crippen LogP contribution in [0.3, 0.4) is 0 Å². The molecule has 0 N–H and O–H groups in total. The first-order chi connectivity index (χ1) is 7.58. The van der Waals surface area contributed by atoms with Crippen LogP contribution in [0, 0.1) is 0 Å². The fourth-order valence-corrected chi connectivity index (χ4v) is 2.88. The molecule has 2 rings (SSSR count). The highest BCUT2D eigenvalue weighted by Crippen LogP contribution is 2.25. The van der Waals surface area contributed by atoms with E-state index in [9.17, 15) is 4.79 Å². The lowest BCUT2D eigenvalue weighted by molar-refractivity contribution is 0.0792. The van der Waals surface area contributed by atoms with E-state index in [-0.39, 0.29) is 5.91 Å². The van der Waals surface area contributed by atoms with Crippen LogP contribution in [0.15, 0.2) is 22.7 Å². The van der Waals surface area contributed by atoms with Gasteiger partial charge in [0.15, 0.2) is 0 Å². The molecule has 2 nitrogen and oxygen atoms in total. The van der Waals surface area contributed by atoms with Crippen molar-refractivity contribution >= 4 is 49.4 Å². The van der Waals surface area contributed by atoms with Crippen LogP contribution < -0.4 is 0 Å². The quantitative estimate of drug-likeness (QED) is 0.693. The molecule has 1 aliphatic heterocycles. The van der Waals surface area contributed by atoms with Crippen LogP contribution in [-0.4, -0.2) is 28.7 Å². The number of amides is 1. The molecule has 1 aromatic carbocycles. The Balaban J connectivity index is 2.23. The van der Waals surface area contributed by atoms with Crippen molar-refractivity contribution in [3.63, 3.8) is 0 Å². The molecule has 0 bridgehead atoms. The molecular formula is C11H10Br2ClNO. The van der Waals surface area contributed by atoms with E-state index >= 15 is 0 Å². The Kier molecular flexibility index (Phi) is 3.93. The van der Waals surface area contributed by atoms with Crippen molar-refractivity contribution < 1.29 is 4.79 Å². The number of benzene rings is 1. The summed E-state index contributed by atoms with van der Waals surface area (Å²) in [5.74, 6) is 0.0383. The third kappa shape index (κ3) is 2.60. The van der Waals surface area contributed by atoms with E-state index in [4.69, 9.17) is 11.6 Å². The van der Waals surface area contributed by atoms with Crippen LogP contribution in [0.2, 0.25) is 5.02 Å². The molecule has 0 aliphatic carbocycles. The number of rotatable bonds is 1. The van der Waals surface area contributed by atoms with Gasteiger partial charge in [0.1, 0.15) is 0 Å². The number of alkyl halides is 1. The lowest BCUT2D eigenvalue weighted by atomic mass is 10.2. The molecule has 1 amide bonds. The second kappa shape index (κ2) is 5.07. The highest BCUT2D eigenvalue weighted by Gasteiger charge is 2.26. The van der Waals surface area contributed by atoms with E-state index in [0.717, 1.165) is 24.0 Å². The summed E-state index contributed by atoms with van der Waals surface area (Å²) in [6, 6.07) is 5.27. The topological polar surface area (TPSA) is 20.3 Å². The molecule has 0 saturated carbocycles. The Morgan fingerprint density at radius 3 is 2.88 bits per heavy atom. The molecule has 5 heteroatoms. The number of halogens is 3. The standard InChI is InChI=1S/C11H10Br2ClNO/c12-7-3-4-15(6-7)11(16)9-5-8(14)1-2-10(9)13/h1-2,5,7H,3-4,6H2. The molecule has 16 heavy (non-hydrogen) atoms. The van der Waals surface area contributed by atoms with Gasteiger partial charge in [-0.1, -0.05) is 27.5 Å². The Labute approximate surface area is 116 Å². The summed E-state index contributed by atoms with van der Waals surface area (Å²) in [5, 5.41) is 0.584. The van der Waals surface area contributed by atoms with Crippen molar-refractivity contribution in [1.29, 1.82) is 0 Å². The molecule has 0 aromatic heterocycles. The zero-order valence-corrected chi connectivity index (χ0v) is 12.3. The van der Waals surface area contributed by atoms with Gasteiger partial charge in [-0.05, 0) is 40.5 Å². The number of nitrogens with zero attached hydrogens (tertiary/aromatic N) is 1. The fraction of sp³-hybridized carbons (Fsp3) is 0.364. The Morgan fingerprint density at radius 2 is 2.25 bits per heavy atom. The molecule has 1 fully saturated rings. The molecule has 0 radical (unpaired) electrons. The van der Waals surface area contributed by atoms with Gasteiger partial charge in [-0.2, -0.15) is 0 Å². The summed E-state index contributed by atoms with van der Waals surface area (Å²) in [7, 11) is 0. The zero-order valence-electron chi connectivity index (χ0n) is 8.42. The molecule has 1 saturated heterocycles. The SMILES string of the molecule is O=C(c1cc(Cl)ccc1Br)N1CCC(Br)C1. The monoisotopic (exact) mass is 365 g/mol.